The van der Waals surface area contributed by atoms with Gasteiger partial charge in [0.15, 0.2) is 0 Å². The third-order valence-electron chi connectivity index (χ3n) is 4.45. The molecule has 3 nitrogen and oxygen atoms in total. The van der Waals surface area contributed by atoms with Crippen LogP contribution in [-0.4, -0.2) is 27.7 Å². The van der Waals surface area contributed by atoms with Gasteiger partial charge in [0.2, 0.25) is 0 Å². The summed E-state index contributed by atoms with van der Waals surface area (Å²) in [5, 5.41) is 17.9. The lowest BCUT2D eigenvalue weighted by Crippen LogP contribution is -1.97. The number of thiophene rings is 1. The van der Waals surface area contributed by atoms with Crippen LogP contribution in [0.3, 0.4) is 0 Å². The van der Waals surface area contributed by atoms with Gasteiger partial charge in [0, 0.05) is 15.1 Å². The predicted molar refractivity (Wildman–Crippen MR) is 121 cm³/mol. The van der Waals surface area contributed by atoms with Crippen LogP contribution in [0.4, 0.5) is 0 Å². The number of aliphatic carboxylic acids is 1. The van der Waals surface area contributed by atoms with Crippen LogP contribution in [0.2, 0.25) is 0 Å². The number of hydrogen-bond acceptors (Lipinski definition) is 3. The van der Waals surface area contributed by atoms with Crippen molar-refractivity contribution in [2.45, 2.75) is 83.1 Å². The van der Waals surface area contributed by atoms with Crippen molar-refractivity contribution in [2.75, 3.05) is 0 Å². The first-order chi connectivity index (χ1) is 13.4. The maximum atomic E-state index is 10.3. The van der Waals surface area contributed by atoms with E-state index in [-0.39, 0.29) is 12.5 Å². The molecule has 28 heavy (non-hydrogen) atoms. The monoisotopic (exact) mass is 426 g/mol. The lowest BCUT2D eigenvalue weighted by Gasteiger charge is -2.03. The van der Waals surface area contributed by atoms with Gasteiger partial charge in [0.05, 0.1) is 12.5 Å². The first-order valence-electron chi connectivity index (χ1n) is 10.0. The molecule has 0 aromatic carbocycles. The van der Waals surface area contributed by atoms with Gasteiger partial charge in [-0.05, 0) is 69.9 Å². The van der Waals surface area contributed by atoms with Gasteiger partial charge >= 0.3 is 5.97 Å². The van der Waals surface area contributed by atoms with E-state index in [1.807, 2.05) is 19.1 Å². The van der Waals surface area contributed by atoms with Crippen molar-refractivity contribution in [1.82, 2.24) is 0 Å². The van der Waals surface area contributed by atoms with Crippen LogP contribution in [0.1, 0.15) is 68.5 Å². The zero-order chi connectivity index (χ0) is 21.4. The van der Waals surface area contributed by atoms with Crippen LogP contribution < -0.4 is 0 Å². The second kappa shape index (κ2) is 16.7. The van der Waals surface area contributed by atoms with Crippen molar-refractivity contribution in [1.29, 1.82) is 0 Å². The number of allylic oxidation sites excluding steroid dienone is 2. The molecule has 0 bridgehead atoms. The Morgan fingerprint density at radius 1 is 1.32 bits per heavy atom. The largest absolute Gasteiger partial charge is 0.481 e. The molecule has 0 saturated heterocycles. The Labute approximate surface area is 179 Å². The number of rotatable bonds is 9. The minimum absolute atomic E-state index is 0.138. The van der Waals surface area contributed by atoms with E-state index in [2.05, 4.69) is 31.9 Å². The summed E-state index contributed by atoms with van der Waals surface area (Å²) in [5.74, 6) is -0.0289. The molecule has 0 amide bonds. The third-order valence-corrected chi connectivity index (χ3v) is 6.08. The van der Waals surface area contributed by atoms with E-state index in [4.69, 9.17) is 21.8 Å². The SMILES string of the molecule is C#C.CCc1ccc(CC(=O)O)s1.C[C@@H](O)CCCC/C=C/[C@H]1CC[C@@H](Cl)C1. The Morgan fingerprint density at radius 3 is 2.50 bits per heavy atom. The fourth-order valence-electron chi connectivity index (χ4n) is 2.98. The van der Waals surface area contributed by atoms with Gasteiger partial charge in [-0.1, -0.05) is 25.5 Å². The molecule has 0 aliphatic heterocycles. The number of aryl methyl sites for hydroxylation is 1. The van der Waals surface area contributed by atoms with Crippen LogP contribution in [-0.2, 0) is 17.6 Å². The van der Waals surface area contributed by atoms with E-state index in [0.717, 1.165) is 42.9 Å². The molecule has 1 saturated carbocycles. The maximum Gasteiger partial charge on any atom is 0.308 e. The minimum Gasteiger partial charge on any atom is -0.481 e. The summed E-state index contributed by atoms with van der Waals surface area (Å²) >= 11 is 7.62. The Balaban J connectivity index is 0.000000497. The summed E-state index contributed by atoms with van der Waals surface area (Å²) in [6.07, 6.45) is 21.6. The fourth-order valence-corrected chi connectivity index (χ4v) is 4.28. The highest BCUT2D eigenvalue weighted by Crippen LogP contribution is 2.30. The number of alkyl halides is 1. The van der Waals surface area contributed by atoms with Crippen molar-refractivity contribution in [2.24, 2.45) is 5.92 Å². The van der Waals surface area contributed by atoms with Crippen molar-refractivity contribution < 1.29 is 15.0 Å². The molecule has 3 atom stereocenters. The zero-order valence-electron chi connectivity index (χ0n) is 17.1. The molecule has 0 radical (unpaired) electrons. The van der Waals surface area contributed by atoms with Crippen molar-refractivity contribution in [3.8, 4) is 12.8 Å². The summed E-state index contributed by atoms with van der Waals surface area (Å²) in [4.78, 5) is 12.5. The number of terminal acetylenes is 1. The number of carboxylic acids is 1. The Bertz CT molecular complexity index is 577. The third kappa shape index (κ3) is 13.8. The van der Waals surface area contributed by atoms with Crippen LogP contribution in [0.15, 0.2) is 24.3 Å². The van der Waals surface area contributed by atoms with Crippen molar-refractivity contribution >= 4 is 28.9 Å². The molecule has 2 rings (SSSR count). The second-order valence-corrected chi connectivity index (χ2v) is 8.89. The van der Waals surface area contributed by atoms with E-state index in [1.165, 1.54) is 24.1 Å². The van der Waals surface area contributed by atoms with Crippen LogP contribution in [0.5, 0.6) is 0 Å². The number of halogens is 1. The van der Waals surface area contributed by atoms with Gasteiger partial charge < -0.3 is 10.2 Å². The number of unbranched alkanes of at least 4 members (excludes halogenated alkanes) is 2. The van der Waals surface area contributed by atoms with Gasteiger partial charge in [0.1, 0.15) is 0 Å². The second-order valence-electron chi connectivity index (χ2n) is 7.02. The molecule has 1 aromatic heterocycles. The smallest absolute Gasteiger partial charge is 0.308 e. The standard InChI is InChI=1S/C13H23ClO.C8H10O2S.C2H2/c1-11(15)6-4-2-3-5-7-12-8-9-13(14)10-12;1-2-6-3-4-7(11-6)5-8(9)10;1-2/h5,7,11-13,15H,2-4,6,8-10H2,1H3;3-4H,2,5H2,1H3,(H,9,10);1-2H/b7-5+;;/t11-,12+,13-;;/m1../s1. The average Bonchev–Trinajstić information content (AvgIpc) is 3.28. The normalized spacial score (nSPS) is 19.4. The van der Waals surface area contributed by atoms with E-state index >= 15 is 0 Å². The number of hydrogen-bond donors (Lipinski definition) is 2. The molecule has 0 spiro atoms. The molecule has 0 unspecified atom stereocenters. The Kier molecular flexibility index (Phi) is 15.9. The summed E-state index contributed by atoms with van der Waals surface area (Å²) in [6.45, 7) is 3.92. The molecule has 1 heterocycles. The molecule has 1 fully saturated rings. The predicted octanol–water partition coefficient (Wildman–Crippen LogP) is 6.08. The Morgan fingerprint density at radius 2 is 2.00 bits per heavy atom. The highest BCUT2D eigenvalue weighted by molar-refractivity contribution is 7.12. The van der Waals surface area contributed by atoms with Gasteiger partial charge in [-0.25, -0.2) is 0 Å². The van der Waals surface area contributed by atoms with Crippen molar-refractivity contribution in [3.05, 3.63) is 34.0 Å². The highest BCUT2D eigenvalue weighted by atomic mass is 35.5. The molecule has 2 N–H and O–H groups in total. The lowest BCUT2D eigenvalue weighted by molar-refractivity contribution is -0.136. The van der Waals surface area contributed by atoms with Crippen LogP contribution >= 0.6 is 22.9 Å². The van der Waals surface area contributed by atoms with Gasteiger partial charge in [-0.2, -0.15) is 0 Å². The first-order valence-corrected chi connectivity index (χ1v) is 11.3. The maximum absolute atomic E-state index is 10.3. The minimum atomic E-state index is -0.755. The molecule has 1 aromatic rings. The number of carboxylic acid groups (broad SMARTS) is 1. The van der Waals surface area contributed by atoms with E-state index in [9.17, 15) is 4.79 Å². The molecule has 1 aliphatic carbocycles. The van der Waals surface area contributed by atoms with E-state index < -0.39 is 5.97 Å². The van der Waals surface area contributed by atoms with Crippen LogP contribution in [0.25, 0.3) is 0 Å². The number of aliphatic hydroxyl groups excluding tert-OH is 1. The lowest BCUT2D eigenvalue weighted by atomic mass is 10.1. The van der Waals surface area contributed by atoms with Gasteiger partial charge in [0.25, 0.3) is 0 Å². The zero-order valence-corrected chi connectivity index (χ0v) is 18.7. The van der Waals surface area contributed by atoms with Gasteiger partial charge in [-0.3, -0.25) is 4.79 Å². The van der Waals surface area contributed by atoms with E-state index in [1.54, 1.807) is 11.3 Å². The summed E-state index contributed by atoms with van der Waals surface area (Å²) in [6, 6.07) is 3.88. The summed E-state index contributed by atoms with van der Waals surface area (Å²) in [7, 11) is 0. The Hall–Kier alpha value is -1.28. The quantitative estimate of drug-likeness (QED) is 0.218. The van der Waals surface area contributed by atoms with Crippen LogP contribution in [0, 0.1) is 18.8 Å². The molecule has 5 heteroatoms. The summed E-state index contributed by atoms with van der Waals surface area (Å²) < 4.78 is 0. The van der Waals surface area contributed by atoms with E-state index in [0.29, 0.717) is 5.38 Å². The number of aliphatic hydroxyl groups is 1. The average molecular weight is 427 g/mol. The molecular weight excluding hydrogens is 392 g/mol. The van der Waals surface area contributed by atoms with Crippen molar-refractivity contribution in [3.63, 3.8) is 0 Å². The fraction of sp³-hybridized carbons (Fsp3) is 0.609. The number of carbonyl (C=O) groups is 1. The summed E-state index contributed by atoms with van der Waals surface area (Å²) in [5.41, 5.74) is 0. The molecule has 1 aliphatic rings. The topological polar surface area (TPSA) is 57.5 Å². The highest BCUT2D eigenvalue weighted by Gasteiger charge is 2.19. The molecule has 158 valence electrons. The molecular formula is C23H35ClO3S. The van der Waals surface area contributed by atoms with Gasteiger partial charge in [-0.15, -0.1) is 35.8 Å². The first kappa shape index (κ1) is 26.7.